The fourth-order valence-electron chi connectivity index (χ4n) is 2.97. The van der Waals surface area contributed by atoms with Crippen LogP contribution < -0.4 is 0 Å². The summed E-state index contributed by atoms with van der Waals surface area (Å²) in [6.45, 7) is 9.96. The Hall–Kier alpha value is -1.35. The molecule has 21 heavy (non-hydrogen) atoms. The van der Waals surface area contributed by atoms with Gasteiger partial charge in [0.15, 0.2) is 0 Å². The molecule has 0 aromatic heterocycles. The molecule has 1 aromatic rings. The van der Waals surface area contributed by atoms with E-state index in [1.54, 1.807) is 0 Å². The predicted octanol–water partition coefficient (Wildman–Crippen LogP) is 3.58. The number of amides is 1. The van der Waals surface area contributed by atoms with Gasteiger partial charge in [-0.15, -0.1) is 0 Å². The molecule has 3 nitrogen and oxygen atoms in total. The monoisotopic (exact) mass is 289 g/mol. The number of hydrogen-bond acceptors (Lipinski definition) is 2. The zero-order chi connectivity index (χ0) is 15.4. The fraction of sp³-hybridized carbons (Fsp3) is 0.611. The van der Waals surface area contributed by atoms with Crippen molar-refractivity contribution in [2.24, 2.45) is 5.92 Å². The van der Waals surface area contributed by atoms with Crippen LogP contribution in [0, 0.1) is 5.92 Å². The Morgan fingerprint density at radius 2 is 2.05 bits per heavy atom. The lowest BCUT2D eigenvalue weighted by molar-refractivity contribution is -0.137. The van der Waals surface area contributed by atoms with Crippen molar-refractivity contribution in [2.75, 3.05) is 13.2 Å². The molecule has 1 heterocycles. The fourth-order valence-corrected chi connectivity index (χ4v) is 2.97. The summed E-state index contributed by atoms with van der Waals surface area (Å²) in [5.74, 6) is 0.661. The van der Waals surface area contributed by atoms with Crippen molar-refractivity contribution in [2.45, 2.75) is 52.7 Å². The van der Waals surface area contributed by atoms with Crippen LogP contribution in [0.4, 0.5) is 0 Å². The van der Waals surface area contributed by atoms with Crippen LogP contribution in [-0.4, -0.2) is 30.0 Å². The van der Waals surface area contributed by atoms with Crippen LogP contribution in [0.25, 0.3) is 0 Å². The lowest BCUT2D eigenvalue weighted by Gasteiger charge is -2.33. The molecule has 0 bridgehead atoms. The molecule has 2 unspecified atom stereocenters. The van der Waals surface area contributed by atoms with E-state index in [0.717, 1.165) is 13.0 Å². The lowest BCUT2D eigenvalue weighted by atomic mass is 9.95. The Labute approximate surface area is 128 Å². The first-order valence-electron chi connectivity index (χ1n) is 8.03. The van der Waals surface area contributed by atoms with E-state index < -0.39 is 0 Å². The van der Waals surface area contributed by atoms with Gasteiger partial charge in [-0.05, 0) is 37.3 Å². The Morgan fingerprint density at radius 1 is 1.33 bits per heavy atom. The number of fused-ring (bicyclic) bond motifs is 1. The molecule has 0 radical (unpaired) electrons. The van der Waals surface area contributed by atoms with Crippen LogP contribution in [0.15, 0.2) is 24.3 Å². The van der Waals surface area contributed by atoms with Gasteiger partial charge in [-0.25, -0.2) is 0 Å². The second kappa shape index (κ2) is 7.08. The van der Waals surface area contributed by atoms with Gasteiger partial charge in [-0.2, -0.15) is 0 Å². The van der Waals surface area contributed by atoms with Crippen molar-refractivity contribution in [3.63, 3.8) is 0 Å². The number of rotatable bonds is 5. The molecule has 0 spiro atoms. The highest BCUT2D eigenvalue weighted by molar-refractivity contribution is 5.77. The molecule has 1 aliphatic heterocycles. The smallest absolute Gasteiger partial charge is 0.225 e. The van der Waals surface area contributed by atoms with Crippen LogP contribution in [0.1, 0.15) is 51.3 Å². The normalized spacial score (nSPS) is 19.2. The van der Waals surface area contributed by atoms with Crippen LogP contribution in [0.3, 0.4) is 0 Å². The first-order chi connectivity index (χ1) is 10.0. The Morgan fingerprint density at radius 3 is 2.71 bits per heavy atom. The molecule has 1 aliphatic rings. The highest BCUT2D eigenvalue weighted by atomic mass is 16.5. The van der Waals surface area contributed by atoms with Gasteiger partial charge in [0.05, 0.1) is 19.1 Å². The number of nitrogens with zero attached hydrogens (tertiary/aromatic N) is 1. The summed E-state index contributed by atoms with van der Waals surface area (Å²) in [6, 6.07) is 8.58. The summed E-state index contributed by atoms with van der Waals surface area (Å²) in [7, 11) is 0. The van der Waals surface area contributed by atoms with E-state index in [0.29, 0.717) is 18.9 Å². The van der Waals surface area contributed by atoms with Crippen molar-refractivity contribution in [1.29, 1.82) is 0 Å². The third-order valence-corrected chi connectivity index (χ3v) is 4.57. The average Bonchev–Trinajstić information content (AvgIpc) is 2.48. The van der Waals surface area contributed by atoms with Crippen molar-refractivity contribution in [1.82, 2.24) is 4.90 Å². The van der Waals surface area contributed by atoms with Gasteiger partial charge in [0.1, 0.15) is 0 Å². The number of carbonyl (C=O) groups excluding carboxylic acids is 1. The molecule has 2 atom stereocenters. The summed E-state index contributed by atoms with van der Waals surface area (Å²) >= 11 is 0. The molecule has 116 valence electrons. The summed E-state index contributed by atoms with van der Waals surface area (Å²) < 4.78 is 5.86. The molecule has 2 rings (SSSR count). The second-order valence-corrected chi connectivity index (χ2v) is 6.18. The van der Waals surface area contributed by atoms with E-state index in [-0.39, 0.29) is 18.1 Å². The highest BCUT2D eigenvalue weighted by Gasteiger charge is 2.27. The largest absolute Gasteiger partial charge is 0.373 e. The molecule has 0 saturated heterocycles. The van der Waals surface area contributed by atoms with Crippen LogP contribution in [-0.2, 0) is 16.0 Å². The van der Waals surface area contributed by atoms with Crippen molar-refractivity contribution in [3.8, 4) is 0 Å². The molecular weight excluding hydrogens is 262 g/mol. The second-order valence-electron chi connectivity index (χ2n) is 6.18. The third kappa shape index (κ3) is 3.65. The highest BCUT2D eigenvalue weighted by Crippen LogP contribution is 2.30. The van der Waals surface area contributed by atoms with Gasteiger partial charge in [0, 0.05) is 12.6 Å². The number of hydrogen-bond donors (Lipinski definition) is 0. The summed E-state index contributed by atoms with van der Waals surface area (Å²) in [5.41, 5.74) is 2.51. The minimum absolute atomic E-state index is 0.0872. The Bertz CT molecular complexity index is 484. The number of benzene rings is 1. The first-order valence-corrected chi connectivity index (χ1v) is 8.03. The summed E-state index contributed by atoms with van der Waals surface area (Å²) in [5, 5.41) is 0. The predicted molar refractivity (Wildman–Crippen MR) is 85.1 cm³/mol. The lowest BCUT2D eigenvalue weighted by Crippen LogP contribution is -2.42. The van der Waals surface area contributed by atoms with Crippen LogP contribution >= 0.6 is 0 Å². The van der Waals surface area contributed by atoms with E-state index in [2.05, 4.69) is 39.0 Å². The molecule has 0 fully saturated rings. The number of carbonyl (C=O) groups is 1. The molecule has 0 aliphatic carbocycles. The van der Waals surface area contributed by atoms with Crippen molar-refractivity contribution >= 4 is 5.91 Å². The quantitative estimate of drug-likeness (QED) is 0.829. The zero-order valence-corrected chi connectivity index (χ0v) is 13.6. The van der Waals surface area contributed by atoms with Gasteiger partial charge in [0.2, 0.25) is 5.91 Å². The van der Waals surface area contributed by atoms with Gasteiger partial charge in [-0.1, -0.05) is 38.1 Å². The van der Waals surface area contributed by atoms with Gasteiger partial charge >= 0.3 is 0 Å². The Kier molecular flexibility index (Phi) is 5.40. The van der Waals surface area contributed by atoms with E-state index in [4.69, 9.17) is 4.74 Å². The first kappa shape index (κ1) is 16.0. The van der Waals surface area contributed by atoms with Gasteiger partial charge in [0.25, 0.3) is 0 Å². The summed E-state index contributed by atoms with van der Waals surface area (Å²) in [4.78, 5) is 14.6. The van der Waals surface area contributed by atoms with Crippen molar-refractivity contribution in [3.05, 3.63) is 35.4 Å². The van der Waals surface area contributed by atoms with Crippen LogP contribution in [0.2, 0.25) is 0 Å². The maximum Gasteiger partial charge on any atom is 0.225 e. The minimum atomic E-state index is -0.0872. The SMILES string of the molecule is CCN(C(=O)CC1OCCc2ccccc21)C(C)C(C)C. The maximum absolute atomic E-state index is 12.6. The van der Waals surface area contributed by atoms with Crippen LogP contribution in [0.5, 0.6) is 0 Å². The zero-order valence-electron chi connectivity index (χ0n) is 13.6. The molecule has 0 N–H and O–H groups in total. The van der Waals surface area contributed by atoms with E-state index in [1.807, 2.05) is 17.9 Å². The van der Waals surface area contributed by atoms with Gasteiger partial charge in [-0.3, -0.25) is 4.79 Å². The topological polar surface area (TPSA) is 29.5 Å². The average molecular weight is 289 g/mol. The van der Waals surface area contributed by atoms with E-state index in [1.165, 1.54) is 11.1 Å². The van der Waals surface area contributed by atoms with Crippen molar-refractivity contribution < 1.29 is 9.53 Å². The summed E-state index contributed by atoms with van der Waals surface area (Å²) in [6.07, 6.45) is 1.30. The van der Waals surface area contributed by atoms with Gasteiger partial charge < -0.3 is 9.64 Å². The van der Waals surface area contributed by atoms with E-state index >= 15 is 0 Å². The molecular formula is C18H27NO2. The minimum Gasteiger partial charge on any atom is -0.373 e. The number of ether oxygens (including phenoxy) is 1. The Balaban J connectivity index is 2.09. The third-order valence-electron chi connectivity index (χ3n) is 4.57. The maximum atomic E-state index is 12.6. The molecule has 1 amide bonds. The molecule has 1 aromatic carbocycles. The van der Waals surface area contributed by atoms with E-state index in [9.17, 15) is 4.79 Å². The standard InChI is InChI=1S/C18H27NO2/c1-5-19(14(4)13(2)3)18(20)12-17-16-9-7-6-8-15(16)10-11-21-17/h6-9,13-14,17H,5,10-12H2,1-4H3. The molecule has 3 heteroatoms. The molecule has 0 saturated carbocycles.